The van der Waals surface area contributed by atoms with Crippen molar-refractivity contribution in [1.29, 1.82) is 0 Å². The number of anilines is 1. The van der Waals surface area contributed by atoms with E-state index in [2.05, 4.69) is 5.32 Å². The fourth-order valence-electron chi connectivity index (χ4n) is 1.45. The Hall–Kier alpha value is -1.50. The van der Waals surface area contributed by atoms with E-state index in [0.29, 0.717) is 35.4 Å². The van der Waals surface area contributed by atoms with Crippen LogP contribution in [0.25, 0.3) is 0 Å². The van der Waals surface area contributed by atoms with Crippen molar-refractivity contribution in [3.63, 3.8) is 0 Å². The first-order valence-electron chi connectivity index (χ1n) is 5.90. The van der Waals surface area contributed by atoms with E-state index in [-0.39, 0.29) is 12.5 Å². The van der Waals surface area contributed by atoms with Gasteiger partial charge in [-0.2, -0.15) is 0 Å². The number of benzene rings is 1. The summed E-state index contributed by atoms with van der Waals surface area (Å²) in [6.07, 6.45) is 0. The summed E-state index contributed by atoms with van der Waals surface area (Å²) in [5, 5.41) is 3.07. The van der Waals surface area contributed by atoms with E-state index in [0.717, 1.165) is 0 Å². The second-order valence-corrected chi connectivity index (χ2v) is 4.19. The molecule has 1 N–H and O–H groups in total. The number of nitrogens with one attached hydrogen (secondary N) is 1. The SMILES string of the molecule is COCCOCC(=O)Nc1cc(OC)c(Cl)cc1OC. The molecule has 7 heteroatoms. The van der Waals surface area contributed by atoms with Crippen molar-refractivity contribution in [2.24, 2.45) is 0 Å². The van der Waals surface area contributed by atoms with Crippen LogP contribution in [0, 0.1) is 0 Å². The van der Waals surface area contributed by atoms with E-state index in [1.165, 1.54) is 14.2 Å². The molecular weight excluding hydrogens is 286 g/mol. The highest BCUT2D eigenvalue weighted by Gasteiger charge is 2.12. The molecule has 0 fully saturated rings. The van der Waals surface area contributed by atoms with Crippen LogP contribution in [0.3, 0.4) is 0 Å². The van der Waals surface area contributed by atoms with Gasteiger partial charge in [-0.15, -0.1) is 0 Å². The molecule has 6 nitrogen and oxygen atoms in total. The van der Waals surface area contributed by atoms with Gasteiger partial charge >= 0.3 is 0 Å². The van der Waals surface area contributed by atoms with Crippen molar-refractivity contribution in [2.75, 3.05) is 46.5 Å². The summed E-state index contributed by atoms with van der Waals surface area (Å²) in [4.78, 5) is 11.7. The first kappa shape index (κ1) is 16.6. The monoisotopic (exact) mass is 303 g/mol. The van der Waals surface area contributed by atoms with Crippen molar-refractivity contribution >= 4 is 23.2 Å². The van der Waals surface area contributed by atoms with E-state index in [1.807, 2.05) is 0 Å². The van der Waals surface area contributed by atoms with Crippen LogP contribution in [0.1, 0.15) is 0 Å². The van der Waals surface area contributed by atoms with Crippen LogP contribution in [0.4, 0.5) is 5.69 Å². The number of hydrogen-bond donors (Lipinski definition) is 1. The molecule has 1 rings (SSSR count). The zero-order valence-electron chi connectivity index (χ0n) is 11.7. The molecule has 0 heterocycles. The lowest BCUT2D eigenvalue weighted by atomic mass is 10.2. The number of hydrogen-bond acceptors (Lipinski definition) is 5. The molecule has 0 atom stereocenters. The smallest absolute Gasteiger partial charge is 0.250 e. The zero-order chi connectivity index (χ0) is 15.0. The zero-order valence-corrected chi connectivity index (χ0v) is 12.5. The minimum absolute atomic E-state index is 0.0720. The van der Waals surface area contributed by atoms with E-state index in [9.17, 15) is 4.79 Å². The van der Waals surface area contributed by atoms with E-state index in [4.69, 9.17) is 30.5 Å². The van der Waals surface area contributed by atoms with Crippen LogP contribution in [0.15, 0.2) is 12.1 Å². The molecular formula is C13H18ClNO5. The average Bonchev–Trinajstić information content (AvgIpc) is 2.45. The van der Waals surface area contributed by atoms with Crippen molar-refractivity contribution in [3.8, 4) is 11.5 Å². The summed E-state index contributed by atoms with van der Waals surface area (Å²) in [6, 6.07) is 3.16. The Bertz CT molecular complexity index is 453. The van der Waals surface area contributed by atoms with Gasteiger partial charge in [0.2, 0.25) is 5.91 Å². The third-order valence-corrected chi connectivity index (χ3v) is 2.71. The highest BCUT2D eigenvalue weighted by molar-refractivity contribution is 6.32. The van der Waals surface area contributed by atoms with Gasteiger partial charge in [-0.3, -0.25) is 4.79 Å². The fraction of sp³-hybridized carbons (Fsp3) is 0.462. The third kappa shape index (κ3) is 4.88. The van der Waals surface area contributed by atoms with Gasteiger partial charge in [-0.1, -0.05) is 11.6 Å². The summed E-state index contributed by atoms with van der Waals surface area (Å²) in [7, 11) is 4.55. The average molecular weight is 304 g/mol. The highest BCUT2D eigenvalue weighted by Crippen LogP contribution is 2.35. The molecule has 0 aliphatic rings. The van der Waals surface area contributed by atoms with E-state index in [1.54, 1.807) is 19.2 Å². The molecule has 1 amide bonds. The summed E-state index contributed by atoms with van der Waals surface area (Å²) >= 11 is 5.98. The molecule has 0 aromatic heterocycles. The molecule has 1 aromatic carbocycles. The number of ether oxygens (including phenoxy) is 4. The predicted octanol–water partition coefficient (Wildman–Crippen LogP) is 1.96. The maximum atomic E-state index is 11.7. The number of amides is 1. The molecule has 0 aliphatic carbocycles. The Balaban J connectivity index is 2.68. The highest BCUT2D eigenvalue weighted by atomic mass is 35.5. The van der Waals surface area contributed by atoms with Crippen LogP contribution in [-0.4, -0.2) is 47.1 Å². The second kappa shape index (κ2) is 8.63. The molecule has 1 aromatic rings. The molecule has 20 heavy (non-hydrogen) atoms. The largest absolute Gasteiger partial charge is 0.495 e. The predicted molar refractivity (Wildman–Crippen MR) is 75.9 cm³/mol. The molecule has 0 unspecified atom stereocenters. The standard InChI is InChI=1S/C13H18ClNO5/c1-17-4-5-20-8-13(16)15-10-7-11(18-2)9(14)6-12(10)19-3/h6-7H,4-5,8H2,1-3H3,(H,15,16). The molecule has 0 saturated heterocycles. The first-order chi connectivity index (χ1) is 9.62. The van der Waals surface area contributed by atoms with Gasteiger partial charge in [0, 0.05) is 19.2 Å². The second-order valence-electron chi connectivity index (χ2n) is 3.78. The van der Waals surface area contributed by atoms with Crippen molar-refractivity contribution in [3.05, 3.63) is 17.2 Å². The Morgan fingerprint density at radius 3 is 2.45 bits per heavy atom. The Morgan fingerprint density at radius 1 is 1.15 bits per heavy atom. The quantitative estimate of drug-likeness (QED) is 0.744. The minimum atomic E-state index is -0.302. The molecule has 0 radical (unpaired) electrons. The van der Waals surface area contributed by atoms with Gasteiger partial charge in [0.1, 0.15) is 18.1 Å². The summed E-state index contributed by atoms with van der Waals surface area (Å²) in [5.74, 6) is 0.591. The molecule has 0 saturated carbocycles. The molecule has 0 aliphatic heterocycles. The Labute approximate surface area is 122 Å². The lowest BCUT2D eigenvalue weighted by Gasteiger charge is -2.13. The number of carbonyl (C=O) groups excluding carboxylic acids is 1. The van der Waals surface area contributed by atoms with Gasteiger partial charge in [0.05, 0.1) is 38.1 Å². The lowest BCUT2D eigenvalue weighted by Crippen LogP contribution is -2.20. The van der Waals surface area contributed by atoms with E-state index < -0.39 is 0 Å². The summed E-state index contributed by atoms with van der Waals surface area (Å²) in [5.41, 5.74) is 0.467. The van der Waals surface area contributed by atoms with Crippen LogP contribution >= 0.6 is 11.6 Å². The van der Waals surface area contributed by atoms with Crippen LogP contribution < -0.4 is 14.8 Å². The first-order valence-corrected chi connectivity index (χ1v) is 6.28. The minimum Gasteiger partial charge on any atom is -0.495 e. The molecule has 0 spiro atoms. The van der Waals surface area contributed by atoms with Gasteiger partial charge in [-0.05, 0) is 0 Å². The lowest BCUT2D eigenvalue weighted by molar-refractivity contribution is -0.121. The van der Waals surface area contributed by atoms with Crippen LogP contribution in [-0.2, 0) is 14.3 Å². The Morgan fingerprint density at radius 2 is 1.85 bits per heavy atom. The summed E-state index contributed by atoms with van der Waals surface area (Å²) in [6.45, 7) is 0.716. The maximum absolute atomic E-state index is 11.7. The normalized spacial score (nSPS) is 10.2. The summed E-state index contributed by atoms with van der Waals surface area (Å²) < 4.78 is 20.2. The number of halogens is 1. The van der Waals surface area contributed by atoms with Crippen molar-refractivity contribution in [2.45, 2.75) is 0 Å². The fourth-order valence-corrected chi connectivity index (χ4v) is 1.68. The van der Waals surface area contributed by atoms with Crippen LogP contribution in [0.5, 0.6) is 11.5 Å². The Kier molecular flexibility index (Phi) is 7.14. The topological polar surface area (TPSA) is 66.0 Å². The van der Waals surface area contributed by atoms with Gasteiger partial charge in [-0.25, -0.2) is 0 Å². The number of rotatable bonds is 8. The molecule has 0 bridgehead atoms. The van der Waals surface area contributed by atoms with Crippen molar-refractivity contribution < 1.29 is 23.7 Å². The van der Waals surface area contributed by atoms with Gasteiger partial charge in [0.25, 0.3) is 0 Å². The van der Waals surface area contributed by atoms with Crippen molar-refractivity contribution in [1.82, 2.24) is 0 Å². The maximum Gasteiger partial charge on any atom is 0.250 e. The van der Waals surface area contributed by atoms with Crippen LogP contribution in [0.2, 0.25) is 5.02 Å². The van der Waals surface area contributed by atoms with Gasteiger partial charge in [0.15, 0.2) is 0 Å². The molecule has 112 valence electrons. The van der Waals surface area contributed by atoms with Gasteiger partial charge < -0.3 is 24.3 Å². The van der Waals surface area contributed by atoms with E-state index >= 15 is 0 Å². The third-order valence-electron chi connectivity index (χ3n) is 2.41. The number of methoxy groups -OCH3 is 3. The number of carbonyl (C=O) groups is 1.